The van der Waals surface area contributed by atoms with Crippen molar-refractivity contribution in [3.63, 3.8) is 0 Å². The summed E-state index contributed by atoms with van der Waals surface area (Å²) in [6, 6.07) is 5.37. The Hall–Kier alpha value is -0.824. The molecule has 6 heteroatoms. The minimum absolute atomic E-state index is 0. The number of carbonyl (C=O) groups excluding carboxylic acids is 1. The Balaban J connectivity index is 0. The summed E-state index contributed by atoms with van der Waals surface area (Å²) >= 11 is 0. The van der Waals surface area contributed by atoms with E-state index in [1.165, 1.54) is 24.3 Å². The number of carboxylic acid groups (broad SMARTS) is 1. The number of aromatic carboxylic acids is 1. The number of quaternary nitrogens is 1. The second-order valence-corrected chi connectivity index (χ2v) is 4.52. The Morgan fingerprint density at radius 1 is 1.28 bits per heavy atom. The van der Waals surface area contributed by atoms with E-state index in [1.807, 2.05) is 0 Å². The van der Waals surface area contributed by atoms with Crippen molar-refractivity contribution in [3.8, 4) is 5.75 Å². The number of benzene rings is 1. The zero-order valence-corrected chi connectivity index (χ0v) is 12.5. The van der Waals surface area contributed by atoms with E-state index in [1.54, 1.807) is 0 Å². The van der Waals surface area contributed by atoms with E-state index in [9.17, 15) is 15.0 Å². The van der Waals surface area contributed by atoms with Crippen LogP contribution in [0.1, 0.15) is 10.4 Å². The van der Waals surface area contributed by atoms with E-state index in [2.05, 4.69) is 21.1 Å². The minimum atomic E-state index is -1.43. The first kappa shape index (κ1) is 19.5. The van der Waals surface area contributed by atoms with Gasteiger partial charge in [-0.1, -0.05) is 30.0 Å². The number of aliphatic hydroxyl groups is 1. The first-order valence-corrected chi connectivity index (χ1v) is 5.16. The van der Waals surface area contributed by atoms with Gasteiger partial charge in [-0.15, -0.1) is 0 Å². The number of nitrogens with zero attached hydrogens (tertiary/aromatic N) is 1. The molecular formula is C12H18MgNO4+. The van der Waals surface area contributed by atoms with Crippen LogP contribution in [-0.4, -0.2) is 72.9 Å². The quantitative estimate of drug-likeness (QED) is 0.528. The normalized spacial score (nSPS) is 9.78. The van der Waals surface area contributed by atoms with Gasteiger partial charge in [0.05, 0.1) is 33.7 Å². The van der Waals surface area contributed by atoms with Gasteiger partial charge in [0, 0.05) is 0 Å². The van der Waals surface area contributed by atoms with Gasteiger partial charge < -0.3 is 24.6 Å². The summed E-state index contributed by atoms with van der Waals surface area (Å²) in [5.41, 5.74) is -0.289. The fourth-order valence-electron chi connectivity index (χ4n) is 0.935. The Kier molecular flexibility index (Phi) is 9.92. The largest absolute Gasteiger partial charge is 2.00 e. The second kappa shape index (κ2) is 9.15. The zero-order valence-electron chi connectivity index (χ0n) is 11.0. The summed E-state index contributed by atoms with van der Waals surface area (Å²) in [6.45, 7) is 1.11. The molecule has 0 atom stereocenters. The molecule has 18 heavy (non-hydrogen) atoms. The third-order valence-electron chi connectivity index (χ3n) is 1.88. The summed E-state index contributed by atoms with van der Waals surface area (Å²) in [7, 11) is 6.16. The van der Waals surface area contributed by atoms with Crippen LogP contribution in [0.2, 0.25) is 0 Å². The summed E-state index contributed by atoms with van der Waals surface area (Å²) in [5, 5.41) is 29.1. The van der Waals surface area contributed by atoms with Crippen LogP contribution >= 0.6 is 0 Å². The predicted molar refractivity (Wildman–Crippen MR) is 66.0 cm³/mol. The molecule has 0 heterocycles. The second-order valence-electron chi connectivity index (χ2n) is 4.52. The number of aliphatic hydroxyl groups excluding tert-OH is 1. The van der Waals surface area contributed by atoms with E-state index in [0.717, 1.165) is 11.0 Å². The van der Waals surface area contributed by atoms with Crippen molar-refractivity contribution in [1.29, 1.82) is 0 Å². The number of likely N-dealkylation sites (N-methyl/N-ethyl adjacent to an activating group) is 1. The van der Waals surface area contributed by atoms with Gasteiger partial charge in [0.25, 0.3) is 0 Å². The van der Waals surface area contributed by atoms with Gasteiger partial charge in [-0.2, -0.15) is 0 Å². The first-order chi connectivity index (χ1) is 7.78. The third kappa shape index (κ3) is 9.23. The number of hydrogen-bond donors (Lipinski definition) is 1. The molecule has 0 aliphatic heterocycles. The van der Waals surface area contributed by atoms with Crippen LogP contribution in [0.25, 0.3) is 0 Å². The van der Waals surface area contributed by atoms with E-state index in [-0.39, 0.29) is 35.2 Å². The summed E-state index contributed by atoms with van der Waals surface area (Å²) in [6.07, 6.45) is 0. The van der Waals surface area contributed by atoms with Crippen LogP contribution in [0.4, 0.5) is 0 Å². The standard InChI is InChI=1S/C7H6O3.C5H14NO.Mg/c8-6-4-2-1-3-5(6)7(9)10;1-6(2,3)4-5-7;/h1-4,8H,(H,9,10);7H,4-5H2,1-3H3;/q;+1;+2/p-2. The van der Waals surface area contributed by atoms with Crippen molar-refractivity contribution < 1.29 is 24.6 Å². The molecule has 0 saturated carbocycles. The van der Waals surface area contributed by atoms with Crippen LogP contribution in [0.5, 0.6) is 5.75 Å². The molecule has 0 fully saturated rings. The first-order valence-electron chi connectivity index (χ1n) is 5.16. The average Bonchev–Trinajstić information content (AvgIpc) is 2.16. The molecule has 0 aliphatic rings. The smallest absolute Gasteiger partial charge is 0.872 e. The van der Waals surface area contributed by atoms with Crippen molar-refractivity contribution in [2.75, 3.05) is 34.3 Å². The molecule has 0 aromatic heterocycles. The molecule has 0 radical (unpaired) electrons. The van der Waals surface area contributed by atoms with Crippen molar-refractivity contribution >= 4 is 29.0 Å². The Bertz CT molecular complexity index is 363. The van der Waals surface area contributed by atoms with Gasteiger partial charge in [0.2, 0.25) is 0 Å². The van der Waals surface area contributed by atoms with E-state index >= 15 is 0 Å². The summed E-state index contributed by atoms with van der Waals surface area (Å²) in [5.74, 6) is -1.94. The van der Waals surface area contributed by atoms with Crippen LogP contribution in [0.15, 0.2) is 24.3 Å². The van der Waals surface area contributed by atoms with Gasteiger partial charge in [0.15, 0.2) is 0 Å². The molecule has 1 rings (SSSR count). The molecule has 1 aromatic rings. The van der Waals surface area contributed by atoms with Crippen molar-refractivity contribution in [3.05, 3.63) is 29.8 Å². The van der Waals surface area contributed by atoms with Crippen molar-refractivity contribution in [1.82, 2.24) is 0 Å². The average molecular weight is 265 g/mol. The van der Waals surface area contributed by atoms with E-state index in [4.69, 9.17) is 5.11 Å². The summed E-state index contributed by atoms with van der Waals surface area (Å²) < 4.78 is 0.844. The number of carbonyl (C=O) groups is 1. The molecule has 0 amide bonds. The van der Waals surface area contributed by atoms with Gasteiger partial charge in [0.1, 0.15) is 6.54 Å². The van der Waals surface area contributed by atoms with Crippen LogP contribution in [-0.2, 0) is 0 Å². The number of hydrogen-bond acceptors (Lipinski definition) is 4. The van der Waals surface area contributed by atoms with Gasteiger partial charge >= 0.3 is 23.1 Å². The molecule has 0 spiro atoms. The Morgan fingerprint density at radius 2 is 1.78 bits per heavy atom. The number of para-hydroxylation sites is 1. The monoisotopic (exact) mass is 264 g/mol. The predicted octanol–water partition coefficient (Wildman–Crippen LogP) is -1.57. The summed E-state index contributed by atoms with van der Waals surface area (Å²) in [4.78, 5) is 10.1. The van der Waals surface area contributed by atoms with Crippen LogP contribution in [0.3, 0.4) is 0 Å². The fourth-order valence-corrected chi connectivity index (χ4v) is 0.935. The molecule has 0 aliphatic carbocycles. The van der Waals surface area contributed by atoms with E-state index in [0.29, 0.717) is 0 Å². The molecule has 0 unspecified atom stereocenters. The maximum Gasteiger partial charge on any atom is 2.00 e. The van der Waals surface area contributed by atoms with Crippen LogP contribution in [0, 0.1) is 0 Å². The molecule has 96 valence electrons. The van der Waals surface area contributed by atoms with Crippen molar-refractivity contribution in [2.45, 2.75) is 0 Å². The molecular weight excluding hydrogens is 246 g/mol. The fraction of sp³-hybridized carbons (Fsp3) is 0.417. The third-order valence-corrected chi connectivity index (χ3v) is 1.88. The zero-order chi connectivity index (χ0) is 13.5. The van der Waals surface area contributed by atoms with E-state index < -0.39 is 11.7 Å². The maximum atomic E-state index is 10.6. The molecule has 1 aromatic carbocycles. The van der Waals surface area contributed by atoms with Crippen LogP contribution < -0.4 is 10.2 Å². The number of rotatable bonds is 3. The SMILES string of the molecule is C[N+](C)(C)CCO.O=C([O-])c1ccccc1[O-].[Mg+2]. The Labute approximate surface area is 123 Å². The molecule has 5 nitrogen and oxygen atoms in total. The minimum Gasteiger partial charge on any atom is -0.872 e. The molecule has 0 bridgehead atoms. The topological polar surface area (TPSA) is 83.4 Å². The Morgan fingerprint density at radius 3 is 2.00 bits per heavy atom. The van der Waals surface area contributed by atoms with Gasteiger partial charge in [-0.3, -0.25) is 0 Å². The van der Waals surface area contributed by atoms with Gasteiger partial charge in [-0.25, -0.2) is 0 Å². The van der Waals surface area contributed by atoms with Crippen molar-refractivity contribution in [2.24, 2.45) is 0 Å². The number of carboxylic acids is 1. The van der Waals surface area contributed by atoms with Gasteiger partial charge in [-0.05, 0) is 5.56 Å². The molecule has 1 N–H and O–H groups in total. The molecule has 0 saturated heterocycles. The maximum absolute atomic E-state index is 10.6.